The predicted molar refractivity (Wildman–Crippen MR) is 82.9 cm³/mol. The minimum atomic E-state index is 0. The van der Waals surface area contributed by atoms with Crippen LogP contribution in [0.2, 0.25) is 0 Å². The molecule has 1 unspecified atom stereocenters. The lowest BCUT2D eigenvalue weighted by atomic mass is 9.98. The summed E-state index contributed by atoms with van der Waals surface area (Å²) < 4.78 is 2.84. The minimum Gasteiger partial charge on any atom is -0.345 e. The van der Waals surface area contributed by atoms with Gasteiger partial charge in [0.2, 0.25) is 0 Å². The molecule has 1 amide bonds. The number of amides is 1. The Bertz CT molecular complexity index is 434. The Labute approximate surface area is 129 Å². The first-order valence-electron chi connectivity index (χ1n) is 6.37. The van der Waals surface area contributed by atoms with Crippen molar-refractivity contribution >= 4 is 34.2 Å². The van der Waals surface area contributed by atoms with Crippen molar-refractivity contribution in [2.24, 2.45) is 13.0 Å². The van der Waals surface area contributed by atoms with Crippen LogP contribution < -0.4 is 5.32 Å². The van der Waals surface area contributed by atoms with E-state index in [4.69, 9.17) is 0 Å². The molecule has 1 aliphatic rings. The fraction of sp³-hybridized carbons (Fsp3) is 0.615. The van der Waals surface area contributed by atoms with Crippen LogP contribution in [0.3, 0.4) is 0 Å². The number of nitrogens with zero attached hydrogens (tertiary/aromatic N) is 2. The summed E-state index contributed by atoms with van der Waals surface area (Å²) in [6.45, 7) is 2.73. The second kappa shape index (κ2) is 7.31. The van der Waals surface area contributed by atoms with Crippen LogP contribution in [-0.4, -0.2) is 42.1 Å². The Balaban J connectivity index is 0.00000180. The molecule has 6 heteroatoms. The summed E-state index contributed by atoms with van der Waals surface area (Å²) in [5.41, 5.74) is 0.756. The van der Waals surface area contributed by atoms with Gasteiger partial charge in [-0.1, -0.05) is 0 Å². The van der Waals surface area contributed by atoms with Crippen LogP contribution in [0.5, 0.6) is 0 Å². The molecule has 0 aromatic carbocycles. The molecule has 2 heterocycles. The molecule has 1 N–H and O–H groups in total. The molecule has 1 atom stereocenters. The molecular weight excluding hydrogens is 330 g/mol. The molecule has 1 fully saturated rings. The third-order valence-electron chi connectivity index (χ3n) is 3.49. The van der Waals surface area contributed by atoms with Crippen LogP contribution in [0.1, 0.15) is 23.3 Å². The summed E-state index contributed by atoms with van der Waals surface area (Å²) in [6.07, 6.45) is 4.23. The quantitative estimate of drug-likeness (QED) is 0.908. The van der Waals surface area contributed by atoms with E-state index in [9.17, 15) is 4.79 Å². The molecule has 0 radical (unpaired) electrons. The van der Waals surface area contributed by atoms with Gasteiger partial charge in [-0.05, 0) is 54.3 Å². The Kier molecular flexibility index (Phi) is 6.36. The standard InChI is InChI=1S/C13H20BrN3O.ClH/c1-15-7-10-4-3-5-17(8-10)13(18)12-6-11(14)9-16(12)2;/h6,9-10,15H,3-5,7-8H2,1-2H3;1H. The highest BCUT2D eigenvalue weighted by Gasteiger charge is 2.25. The lowest BCUT2D eigenvalue weighted by molar-refractivity contribution is 0.0664. The third-order valence-corrected chi connectivity index (χ3v) is 3.92. The highest BCUT2D eigenvalue weighted by atomic mass is 79.9. The van der Waals surface area contributed by atoms with Gasteiger partial charge < -0.3 is 14.8 Å². The average Bonchev–Trinajstić information content (AvgIpc) is 2.68. The van der Waals surface area contributed by atoms with Gasteiger partial charge in [0.25, 0.3) is 5.91 Å². The van der Waals surface area contributed by atoms with Crippen LogP contribution in [0.4, 0.5) is 0 Å². The van der Waals surface area contributed by atoms with Crippen LogP contribution in [0.15, 0.2) is 16.7 Å². The predicted octanol–water partition coefficient (Wildman–Crippen LogP) is 2.28. The smallest absolute Gasteiger partial charge is 0.270 e. The summed E-state index contributed by atoms with van der Waals surface area (Å²) in [6, 6.07) is 1.89. The first-order chi connectivity index (χ1) is 8.61. The molecule has 108 valence electrons. The van der Waals surface area contributed by atoms with Crippen molar-refractivity contribution in [1.29, 1.82) is 0 Å². The van der Waals surface area contributed by atoms with Crippen molar-refractivity contribution in [2.75, 3.05) is 26.7 Å². The summed E-state index contributed by atoms with van der Waals surface area (Å²) in [7, 11) is 3.88. The topological polar surface area (TPSA) is 37.3 Å². The molecule has 19 heavy (non-hydrogen) atoms. The normalized spacial score (nSPS) is 19.1. The summed E-state index contributed by atoms with van der Waals surface area (Å²) in [5, 5.41) is 3.20. The maximum atomic E-state index is 12.4. The van der Waals surface area contributed by atoms with Gasteiger partial charge in [0.15, 0.2) is 0 Å². The van der Waals surface area contributed by atoms with E-state index in [-0.39, 0.29) is 18.3 Å². The number of halogens is 2. The molecule has 0 spiro atoms. The van der Waals surface area contributed by atoms with Gasteiger partial charge in [-0.25, -0.2) is 0 Å². The lowest BCUT2D eigenvalue weighted by Gasteiger charge is -2.32. The van der Waals surface area contributed by atoms with Gasteiger partial charge in [0.1, 0.15) is 5.69 Å². The lowest BCUT2D eigenvalue weighted by Crippen LogP contribution is -2.43. The first kappa shape index (κ1) is 16.5. The van der Waals surface area contributed by atoms with Gasteiger partial charge in [-0.15, -0.1) is 12.4 Å². The Morgan fingerprint density at radius 2 is 2.32 bits per heavy atom. The molecule has 1 aromatic rings. The second-order valence-electron chi connectivity index (χ2n) is 4.97. The van der Waals surface area contributed by atoms with E-state index in [1.165, 1.54) is 6.42 Å². The first-order valence-corrected chi connectivity index (χ1v) is 7.17. The fourth-order valence-corrected chi connectivity index (χ4v) is 3.13. The number of carbonyl (C=O) groups is 1. The maximum Gasteiger partial charge on any atom is 0.270 e. The average molecular weight is 351 g/mol. The van der Waals surface area contributed by atoms with Gasteiger partial charge in [-0.2, -0.15) is 0 Å². The number of rotatable bonds is 3. The van der Waals surface area contributed by atoms with E-state index in [1.54, 1.807) is 0 Å². The van der Waals surface area contributed by atoms with Crippen molar-refractivity contribution in [3.63, 3.8) is 0 Å². The molecule has 4 nitrogen and oxygen atoms in total. The largest absolute Gasteiger partial charge is 0.345 e. The molecule has 2 rings (SSSR count). The zero-order chi connectivity index (χ0) is 13.1. The van der Waals surface area contributed by atoms with Gasteiger partial charge in [-0.3, -0.25) is 4.79 Å². The molecular formula is C13H21BrClN3O. The maximum absolute atomic E-state index is 12.4. The van der Waals surface area contributed by atoms with Crippen LogP contribution >= 0.6 is 28.3 Å². The van der Waals surface area contributed by atoms with E-state index >= 15 is 0 Å². The number of aryl methyl sites for hydroxylation is 1. The van der Waals surface area contributed by atoms with E-state index in [0.29, 0.717) is 5.92 Å². The third kappa shape index (κ3) is 3.97. The zero-order valence-corrected chi connectivity index (χ0v) is 13.8. The van der Waals surface area contributed by atoms with E-state index in [1.807, 2.05) is 35.8 Å². The zero-order valence-electron chi connectivity index (χ0n) is 11.4. The fourth-order valence-electron chi connectivity index (χ4n) is 2.60. The van der Waals surface area contributed by atoms with E-state index < -0.39 is 0 Å². The molecule has 0 saturated carbocycles. The van der Waals surface area contributed by atoms with Crippen molar-refractivity contribution < 1.29 is 4.79 Å². The number of likely N-dealkylation sites (tertiary alicyclic amines) is 1. The van der Waals surface area contributed by atoms with Crippen molar-refractivity contribution in [3.05, 3.63) is 22.4 Å². The number of aromatic nitrogens is 1. The van der Waals surface area contributed by atoms with Crippen molar-refractivity contribution in [2.45, 2.75) is 12.8 Å². The number of hydrogen-bond acceptors (Lipinski definition) is 2. The Hall–Kier alpha value is -0.520. The number of carbonyl (C=O) groups excluding carboxylic acids is 1. The van der Waals surface area contributed by atoms with E-state index in [0.717, 1.165) is 36.2 Å². The van der Waals surface area contributed by atoms with Crippen molar-refractivity contribution in [3.8, 4) is 0 Å². The van der Waals surface area contributed by atoms with Crippen LogP contribution in [0, 0.1) is 5.92 Å². The molecule has 1 aromatic heterocycles. The summed E-state index contributed by atoms with van der Waals surface area (Å²) >= 11 is 3.41. The minimum absolute atomic E-state index is 0. The van der Waals surface area contributed by atoms with Gasteiger partial charge >= 0.3 is 0 Å². The molecule has 0 bridgehead atoms. The highest BCUT2D eigenvalue weighted by Crippen LogP contribution is 2.20. The Morgan fingerprint density at radius 3 is 2.89 bits per heavy atom. The SMILES string of the molecule is CNCC1CCCN(C(=O)c2cc(Br)cn2C)C1.Cl. The monoisotopic (exact) mass is 349 g/mol. The highest BCUT2D eigenvalue weighted by molar-refractivity contribution is 9.10. The van der Waals surface area contributed by atoms with Crippen molar-refractivity contribution in [1.82, 2.24) is 14.8 Å². The molecule has 1 saturated heterocycles. The second-order valence-corrected chi connectivity index (χ2v) is 5.89. The summed E-state index contributed by atoms with van der Waals surface area (Å²) in [4.78, 5) is 14.4. The molecule has 0 aliphatic carbocycles. The van der Waals surface area contributed by atoms with Crippen LogP contribution in [-0.2, 0) is 7.05 Å². The Morgan fingerprint density at radius 1 is 1.58 bits per heavy atom. The van der Waals surface area contributed by atoms with E-state index in [2.05, 4.69) is 21.2 Å². The number of hydrogen-bond donors (Lipinski definition) is 1. The number of nitrogens with one attached hydrogen (secondary N) is 1. The summed E-state index contributed by atoms with van der Waals surface area (Å²) in [5.74, 6) is 0.723. The van der Waals surface area contributed by atoms with Crippen LogP contribution in [0.25, 0.3) is 0 Å². The number of piperidine rings is 1. The van der Waals surface area contributed by atoms with Gasteiger partial charge in [0, 0.05) is 30.8 Å². The molecule has 1 aliphatic heterocycles. The van der Waals surface area contributed by atoms with Gasteiger partial charge in [0.05, 0.1) is 0 Å².